The summed E-state index contributed by atoms with van der Waals surface area (Å²) >= 11 is 0. The van der Waals surface area contributed by atoms with Crippen LogP contribution in [0, 0.1) is 13.8 Å². The Labute approximate surface area is 124 Å². The number of aromatic carboxylic acids is 1. The first-order valence-electron chi connectivity index (χ1n) is 6.43. The summed E-state index contributed by atoms with van der Waals surface area (Å²) in [5.74, 6) is -1.26. The fourth-order valence-electron chi connectivity index (χ4n) is 2.24. The number of aryl methyl sites for hydroxylation is 1. The molecule has 2 aromatic carbocycles. The monoisotopic (exact) mass is 304 g/mol. The molecule has 110 valence electrons. The summed E-state index contributed by atoms with van der Waals surface area (Å²) in [6.45, 7) is 3.37. The van der Waals surface area contributed by atoms with Crippen LogP contribution in [0.5, 0.6) is 0 Å². The van der Waals surface area contributed by atoms with Crippen molar-refractivity contribution in [2.45, 2.75) is 24.5 Å². The fourth-order valence-corrected chi connectivity index (χ4v) is 3.99. The summed E-state index contributed by atoms with van der Waals surface area (Å²) in [5, 5.41) is 9.09. The van der Waals surface area contributed by atoms with E-state index < -0.39 is 15.8 Å². The normalized spacial score (nSPS) is 11.3. The molecule has 0 saturated heterocycles. The number of carbonyl (C=O) groups is 1. The van der Waals surface area contributed by atoms with Crippen LogP contribution in [0.2, 0.25) is 0 Å². The molecule has 5 heteroatoms. The van der Waals surface area contributed by atoms with Crippen LogP contribution in [0.25, 0.3) is 0 Å². The van der Waals surface area contributed by atoms with Crippen molar-refractivity contribution in [3.63, 3.8) is 0 Å². The van der Waals surface area contributed by atoms with Gasteiger partial charge < -0.3 is 5.11 Å². The van der Waals surface area contributed by atoms with Crippen molar-refractivity contribution in [2.75, 3.05) is 0 Å². The maximum absolute atomic E-state index is 12.6. The molecule has 0 spiro atoms. The molecule has 0 aliphatic rings. The Morgan fingerprint density at radius 2 is 1.71 bits per heavy atom. The third-order valence-corrected chi connectivity index (χ3v) is 5.26. The molecule has 0 aliphatic carbocycles. The van der Waals surface area contributed by atoms with Crippen molar-refractivity contribution in [1.29, 1.82) is 0 Å². The van der Waals surface area contributed by atoms with Crippen LogP contribution >= 0.6 is 0 Å². The highest BCUT2D eigenvalue weighted by atomic mass is 32.2. The minimum atomic E-state index is -3.59. The fraction of sp³-hybridized carbons (Fsp3) is 0.188. The highest BCUT2D eigenvalue weighted by molar-refractivity contribution is 7.90. The predicted octanol–water partition coefficient (Wildman–Crippen LogP) is 2.98. The molecule has 0 atom stereocenters. The van der Waals surface area contributed by atoms with Gasteiger partial charge in [-0.2, -0.15) is 0 Å². The molecule has 21 heavy (non-hydrogen) atoms. The van der Waals surface area contributed by atoms with Gasteiger partial charge in [0, 0.05) is 0 Å². The number of rotatable bonds is 4. The first-order valence-corrected chi connectivity index (χ1v) is 8.08. The number of carboxylic acid groups (broad SMARTS) is 1. The molecule has 0 heterocycles. The lowest BCUT2D eigenvalue weighted by Gasteiger charge is -2.11. The molecule has 0 fully saturated rings. The molecule has 2 rings (SSSR count). The van der Waals surface area contributed by atoms with Crippen LogP contribution in [0.15, 0.2) is 47.4 Å². The average Bonchev–Trinajstić information content (AvgIpc) is 2.41. The maximum Gasteiger partial charge on any atom is 0.335 e. The van der Waals surface area contributed by atoms with Gasteiger partial charge in [0.25, 0.3) is 0 Å². The van der Waals surface area contributed by atoms with Crippen molar-refractivity contribution >= 4 is 15.8 Å². The molecule has 1 N–H and O–H groups in total. The van der Waals surface area contributed by atoms with Crippen molar-refractivity contribution in [1.82, 2.24) is 0 Å². The molecule has 2 aromatic rings. The first-order chi connectivity index (χ1) is 9.83. The quantitative estimate of drug-likeness (QED) is 0.942. The molecule has 0 aliphatic heterocycles. The molecule has 4 nitrogen and oxygen atoms in total. The number of hydrogen-bond donors (Lipinski definition) is 1. The van der Waals surface area contributed by atoms with Crippen LogP contribution in [0.1, 0.15) is 27.0 Å². The summed E-state index contributed by atoms with van der Waals surface area (Å²) < 4.78 is 25.1. The highest BCUT2D eigenvalue weighted by Gasteiger charge is 2.21. The Morgan fingerprint density at radius 1 is 1.05 bits per heavy atom. The molecule has 0 aromatic heterocycles. The van der Waals surface area contributed by atoms with E-state index in [4.69, 9.17) is 5.11 Å². The number of sulfone groups is 1. The Kier molecular flexibility index (Phi) is 4.14. The molecule has 0 bridgehead atoms. The molecule has 0 radical (unpaired) electrons. The highest BCUT2D eigenvalue weighted by Crippen LogP contribution is 2.24. The van der Waals surface area contributed by atoms with Gasteiger partial charge in [0.1, 0.15) is 0 Å². The first kappa shape index (κ1) is 15.3. The Morgan fingerprint density at radius 3 is 2.33 bits per heavy atom. The third kappa shape index (κ3) is 3.13. The zero-order chi connectivity index (χ0) is 15.6. The summed E-state index contributed by atoms with van der Waals surface area (Å²) in [6.07, 6.45) is 0. The van der Waals surface area contributed by atoms with Crippen molar-refractivity contribution in [2.24, 2.45) is 0 Å². The summed E-state index contributed by atoms with van der Waals surface area (Å²) in [4.78, 5) is 11.2. The lowest BCUT2D eigenvalue weighted by molar-refractivity contribution is 0.0696. The van der Waals surface area contributed by atoms with Crippen LogP contribution in [0.3, 0.4) is 0 Å². The van der Waals surface area contributed by atoms with Gasteiger partial charge in [-0.05, 0) is 42.7 Å². The zero-order valence-electron chi connectivity index (χ0n) is 11.8. The maximum atomic E-state index is 12.6. The number of benzene rings is 2. The summed E-state index contributed by atoms with van der Waals surface area (Å²) in [6, 6.07) is 11.6. The number of hydrogen-bond acceptors (Lipinski definition) is 3. The van der Waals surface area contributed by atoms with E-state index in [9.17, 15) is 13.2 Å². The summed E-state index contributed by atoms with van der Waals surface area (Å²) in [5.41, 5.74) is 1.91. The van der Waals surface area contributed by atoms with Gasteiger partial charge in [-0.15, -0.1) is 0 Å². The topological polar surface area (TPSA) is 71.4 Å². The van der Waals surface area contributed by atoms with Crippen molar-refractivity contribution in [3.8, 4) is 0 Å². The van der Waals surface area contributed by atoms with Crippen LogP contribution in [-0.4, -0.2) is 19.5 Å². The van der Waals surface area contributed by atoms with E-state index in [-0.39, 0.29) is 21.8 Å². The minimum absolute atomic E-state index is 0.0147. The van der Waals surface area contributed by atoms with E-state index in [0.29, 0.717) is 0 Å². The summed E-state index contributed by atoms with van der Waals surface area (Å²) in [7, 11) is -3.59. The van der Waals surface area contributed by atoms with E-state index in [2.05, 4.69) is 0 Å². The van der Waals surface area contributed by atoms with Crippen molar-refractivity contribution < 1.29 is 18.3 Å². The van der Waals surface area contributed by atoms with Gasteiger partial charge in [-0.3, -0.25) is 0 Å². The smallest absolute Gasteiger partial charge is 0.335 e. The number of carboxylic acids is 1. The van der Waals surface area contributed by atoms with Gasteiger partial charge in [0.2, 0.25) is 0 Å². The van der Waals surface area contributed by atoms with E-state index >= 15 is 0 Å². The molecule has 0 amide bonds. The average molecular weight is 304 g/mol. The second-order valence-electron chi connectivity index (χ2n) is 4.92. The van der Waals surface area contributed by atoms with E-state index in [1.165, 1.54) is 25.1 Å². The van der Waals surface area contributed by atoms with Gasteiger partial charge >= 0.3 is 5.97 Å². The molecular weight excluding hydrogens is 288 g/mol. The standard InChI is InChI=1S/C16H16O4S/c1-11-6-3-4-7-13(11)10-21(19,20)15-9-5-8-14(12(15)2)16(17)18/h3-9H,10H2,1-2H3,(H,17,18). The molecule has 0 unspecified atom stereocenters. The predicted molar refractivity (Wildman–Crippen MR) is 80.2 cm³/mol. The SMILES string of the molecule is Cc1ccccc1CS(=O)(=O)c1cccc(C(=O)O)c1C. The second kappa shape index (κ2) is 5.69. The van der Waals surface area contributed by atoms with Gasteiger partial charge in [0.15, 0.2) is 9.84 Å². The van der Waals surface area contributed by atoms with Gasteiger partial charge in [-0.1, -0.05) is 30.3 Å². The zero-order valence-corrected chi connectivity index (χ0v) is 12.6. The minimum Gasteiger partial charge on any atom is -0.478 e. The Balaban J connectivity index is 2.48. The third-order valence-electron chi connectivity index (χ3n) is 3.46. The lowest BCUT2D eigenvalue weighted by Crippen LogP contribution is -2.10. The van der Waals surface area contributed by atoms with Gasteiger partial charge in [-0.25, -0.2) is 13.2 Å². The van der Waals surface area contributed by atoms with E-state index in [1.807, 2.05) is 19.1 Å². The Bertz CT molecular complexity index is 792. The Hall–Kier alpha value is -2.14. The van der Waals surface area contributed by atoms with E-state index in [1.54, 1.807) is 12.1 Å². The largest absolute Gasteiger partial charge is 0.478 e. The van der Waals surface area contributed by atoms with Crippen molar-refractivity contribution in [3.05, 3.63) is 64.7 Å². The second-order valence-corrected chi connectivity index (χ2v) is 6.88. The van der Waals surface area contributed by atoms with Crippen LogP contribution in [0.4, 0.5) is 0 Å². The van der Waals surface area contributed by atoms with Crippen LogP contribution in [-0.2, 0) is 15.6 Å². The molecular formula is C16H16O4S. The van der Waals surface area contributed by atoms with Gasteiger partial charge in [0.05, 0.1) is 16.2 Å². The lowest BCUT2D eigenvalue weighted by atomic mass is 10.1. The van der Waals surface area contributed by atoms with E-state index in [0.717, 1.165) is 11.1 Å². The molecule has 0 saturated carbocycles. The van der Waals surface area contributed by atoms with Crippen LogP contribution < -0.4 is 0 Å².